The molecular weight excluding hydrogens is 162 g/mol. The average molecular weight is 180 g/mol. The minimum atomic E-state index is 0.719. The minimum Gasteiger partial charge on any atom is -0.488 e. The van der Waals surface area contributed by atoms with Gasteiger partial charge in [0.25, 0.3) is 0 Å². The molecule has 0 saturated carbocycles. The van der Waals surface area contributed by atoms with Crippen molar-refractivity contribution in [3.05, 3.63) is 24.3 Å². The molecule has 2 heteroatoms. The Hall–Kier alpha value is -1.02. The first kappa shape index (κ1) is 10.1. The first-order valence-corrected chi connectivity index (χ1v) is 4.59. The van der Waals surface area contributed by atoms with E-state index in [1.54, 1.807) is 0 Å². The van der Waals surface area contributed by atoms with Gasteiger partial charge in [-0.1, -0.05) is 12.1 Å². The van der Waals surface area contributed by atoms with Crippen LogP contribution in [-0.2, 0) is 0 Å². The van der Waals surface area contributed by atoms with Crippen LogP contribution in [0.1, 0.15) is 6.92 Å². The van der Waals surface area contributed by atoms with E-state index in [2.05, 4.69) is 27.2 Å². The molecule has 0 radical (unpaired) electrons. The highest BCUT2D eigenvalue weighted by Crippen LogP contribution is 2.29. The van der Waals surface area contributed by atoms with Crippen molar-refractivity contribution in [2.45, 2.75) is 6.92 Å². The van der Waals surface area contributed by atoms with Gasteiger partial charge in [0.05, 0.1) is 27.7 Å². The van der Waals surface area contributed by atoms with Gasteiger partial charge in [-0.3, -0.25) is 4.48 Å². The zero-order valence-electron chi connectivity index (χ0n) is 8.87. The van der Waals surface area contributed by atoms with Gasteiger partial charge in [-0.05, 0) is 13.0 Å². The predicted octanol–water partition coefficient (Wildman–Crippen LogP) is 2.28. The van der Waals surface area contributed by atoms with Crippen LogP contribution in [0.25, 0.3) is 0 Å². The van der Waals surface area contributed by atoms with Crippen molar-refractivity contribution in [1.82, 2.24) is 4.48 Å². The van der Waals surface area contributed by atoms with Gasteiger partial charge in [0.2, 0.25) is 0 Å². The number of rotatable bonds is 3. The fourth-order valence-corrected chi connectivity index (χ4v) is 1.29. The number of nitrogens with zero attached hydrogens (tertiary/aromatic N) is 1. The van der Waals surface area contributed by atoms with E-state index in [4.69, 9.17) is 4.74 Å². The topological polar surface area (TPSA) is 9.23 Å². The minimum absolute atomic E-state index is 0.719. The molecule has 0 N–H and O–H groups in total. The average Bonchev–Trinajstić information content (AvgIpc) is 2.04. The van der Waals surface area contributed by atoms with Gasteiger partial charge >= 0.3 is 0 Å². The second-order valence-corrected chi connectivity index (χ2v) is 3.91. The lowest BCUT2D eigenvalue weighted by Gasteiger charge is -2.25. The van der Waals surface area contributed by atoms with Crippen molar-refractivity contribution in [3.63, 3.8) is 0 Å². The Kier molecular flexibility index (Phi) is 2.94. The molecule has 0 bridgehead atoms. The first-order valence-electron chi connectivity index (χ1n) is 4.59. The van der Waals surface area contributed by atoms with Crippen molar-refractivity contribution < 1.29 is 4.74 Å². The Morgan fingerprint density at radius 3 is 2.31 bits per heavy atom. The lowest BCUT2D eigenvalue weighted by molar-refractivity contribution is 0.329. The van der Waals surface area contributed by atoms with E-state index in [1.165, 1.54) is 5.69 Å². The van der Waals surface area contributed by atoms with E-state index in [9.17, 15) is 0 Å². The van der Waals surface area contributed by atoms with Crippen LogP contribution in [0.2, 0.25) is 0 Å². The van der Waals surface area contributed by atoms with E-state index < -0.39 is 0 Å². The Bertz CT molecular complexity index is 276. The van der Waals surface area contributed by atoms with E-state index in [-0.39, 0.29) is 0 Å². The molecular formula is C11H18NO+. The van der Waals surface area contributed by atoms with Crippen LogP contribution in [0.4, 0.5) is 5.69 Å². The number of hydrogen-bond donors (Lipinski definition) is 0. The van der Waals surface area contributed by atoms with E-state index >= 15 is 0 Å². The molecule has 72 valence electrons. The molecule has 0 aliphatic heterocycles. The summed E-state index contributed by atoms with van der Waals surface area (Å²) >= 11 is 0. The summed E-state index contributed by atoms with van der Waals surface area (Å²) in [5.41, 5.74) is 1.21. The van der Waals surface area contributed by atoms with E-state index in [1.807, 2.05) is 25.1 Å². The Morgan fingerprint density at radius 2 is 1.77 bits per heavy atom. The summed E-state index contributed by atoms with van der Waals surface area (Å²) in [6.07, 6.45) is 0. The molecule has 1 aromatic rings. The second-order valence-electron chi connectivity index (χ2n) is 3.91. The number of para-hydroxylation sites is 2. The molecule has 0 saturated heterocycles. The van der Waals surface area contributed by atoms with Crippen LogP contribution in [0.3, 0.4) is 0 Å². The van der Waals surface area contributed by atoms with Gasteiger partial charge in [0, 0.05) is 6.07 Å². The Balaban J connectivity index is 3.05. The summed E-state index contributed by atoms with van der Waals surface area (Å²) in [4.78, 5) is 0. The third-order valence-electron chi connectivity index (χ3n) is 1.89. The zero-order chi connectivity index (χ0) is 9.90. The van der Waals surface area contributed by atoms with Crippen molar-refractivity contribution >= 4 is 5.69 Å². The van der Waals surface area contributed by atoms with Crippen LogP contribution >= 0.6 is 0 Å². The van der Waals surface area contributed by atoms with Crippen LogP contribution in [-0.4, -0.2) is 27.7 Å². The first-order chi connectivity index (χ1) is 6.05. The van der Waals surface area contributed by atoms with Gasteiger partial charge in [-0.25, -0.2) is 0 Å². The molecule has 0 spiro atoms. The highest BCUT2D eigenvalue weighted by molar-refractivity contribution is 5.54. The van der Waals surface area contributed by atoms with Crippen LogP contribution in [0, 0.1) is 0 Å². The van der Waals surface area contributed by atoms with Gasteiger partial charge < -0.3 is 4.74 Å². The molecule has 13 heavy (non-hydrogen) atoms. The van der Waals surface area contributed by atoms with E-state index in [0.29, 0.717) is 0 Å². The molecule has 0 atom stereocenters. The summed E-state index contributed by atoms with van der Waals surface area (Å²) in [5.74, 6) is 0.984. The lowest BCUT2D eigenvalue weighted by atomic mass is 10.2. The van der Waals surface area contributed by atoms with Gasteiger partial charge in [0.15, 0.2) is 11.4 Å². The van der Waals surface area contributed by atoms with E-state index in [0.717, 1.165) is 16.8 Å². The Morgan fingerprint density at radius 1 is 1.15 bits per heavy atom. The highest BCUT2D eigenvalue weighted by Gasteiger charge is 2.17. The second kappa shape index (κ2) is 3.79. The summed E-state index contributed by atoms with van der Waals surface area (Å²) in [6.45, 7) is 2.73. The molecule has 0 fully saturated rings. The van der Waals surface area contributed by atoms with Crippen molar-refractivity contribution in [2.24, 2.45) is 0 Å². The Labute approximate surface area is 80.3 Å². The number of ether oxygens (including phenoxy) is 1. The SMILES string of the molecule is CCOc1ccccc1[N+](C)(C)C. The fraction of sp³-hybridized carbons (Fsp3) is 0.455. The molecule has 0 aromatic heterocycles. The molecule has 0 amide bonds. The largest absolute Gasteiger partial charge is 0.488 e. The summed E-state index contributed by atoms with van der Waals surface area (Å²) in [7, 11) is 6.41. The van der Waals surface area contributed by atoms with Crippen LogP contribution in [0.15, 0.2) is 24.3 Å². The number of hydrogen-bond acceptors (Lipinski definition) is 1. The van der Waals surface area contributed by atoms with Crippen molar-refractivity contribution in [2.75, 3.05) is 27.7 Å². The summed E-state index contributed by atoms with van der Waals surface area (Å²) in [5, 5.41) is 0. The summed E-state index contributed by atoms with van der Waals surface area (Å²) in [6, 6.07) is 8.17. The molecule has 2 nitrogen and oxygen atoms in total. The molecule has 1 aromatic carbocycles. The maximum Gasteiger partial charge on any atom is 0.179 e. The standard InChI is InChI=1S/C11H18NO/c1-5-13-11-9-7-6-8-10(11)12(2,3)4/h6-9H,5H2,1-4H3/q+1. The maximum absolute atomic E-state index is 5.55. The zero-order valence-corrected chi connectivity index (χ0v) is 8.87. The van der Waals surface area contributed by atoms with Crippen LogP contribution in [0.5, 0.6) is 5.75 Å². The smallest absolute Gasteiger partial charge is 0.179 e. The fourth-order valence-electron chi connectivity index (χ4n) is 1.29. The lowest BCUT2D eigenvalue weighted by Crippen LogP contribution is -2.35. The maximum atomic E-state index is 5.55. The third-order valence-corrected chi connectivity index (χ3v) is 1.89. The molecule has 0 aliphatic rings. The third kappa shape index (κ3) is 2.46. The number of quaternary nitrogens is 1. The molecule has 0 unspecified atom stereocenters. The summed E-state index contributed by atoms with van der Waals surface area (Å²) < 4.78 is 6.34. The highest BCUT2D eigenvalue weighted by atomic mass is 16.5. The number of benzene rings is 1. The van der Waals surface area contributed by atoms with Crippen LogP contribution < -0.4 is 9.22 Å². The monoisotopic (exact) mass is 180 g/mol. The van der Waals surface area contributed by atoms with Crippen molar-refractivity contribution in [3.8, 4) is 5.75 Å². The molecule has 1 rings (SSSR count). The van der Waals surface area contributed by atoms with Gasteiger partial charge in [-0.2, -0.15) is 0 Å². The molecule has 0 heterocycles. The predicted molar refractivity (Wildman–Crippen MR) is 57.2 cm³/mol. The molecule has 0 aliphatic carbocycles. The van der Waals surface area contributed by atoms with Crippen molar-refractivity contribution in [1.29, 1.82) is 0 Å². The quantitative estimate of drug-likeness (QED) is 0.648. The van der Waals surface area contributed by atoms with Gasteiger partial charge in [-0.15, -0.1) is 0 Å². The normalized spacial score (nSPS) is 11.4. The van der Waals surface area contributed by atoms with Gasteiger partial charge in [0.1, 0.15) is 0 Å².